The molecule has 0 radical (unpaired) electrons. The number of carbonyl (C=O) groups is 1. The fourth-order valence-corrected chi connectivity index (χ4v) is 6.46. The summed E-state index contributed by atoms with van der Waals surface area (Å²) in [6.45, 7) is 16.4. The molecule has 1 aliphatic heterocycles. The van der Waals surface area contributed by atoms with Crippen molar-refractivity contribution in [3.8, 4) is 0 Å². The normalized spacial score (nSPS) is 13.4. The Balaban J connectivity index is 1.61. The smallest absolute Gasteiger partial charge is 0.305 e. The van der Waals surface area contributed by atoms with Crippen molar-refractivity contribution in [1.82, 2.24) is 5.32 Å². The molecule has 15 nitrogen and oxygen atoms in total. The van der Waals surface area contributed by atoms with E-state index < -0.39 is 0 Å². The molecule has 1 rings (SSSR count). The van der Waals surface area contributed by atoms with E-state index in [-0.39, 0.29) is 12.6 Å². The lowest BCUT2D eigenvalue weighted by atomic mass is 10.0. The van der Waals surface area contributed by atoms with Crippen LogP contribution in [0.5, 0.6) is 0 Å². The zero-order valence-corrected chi connectivity index (χ0v) is 39.4. The first kappa shape index (κ1) is 59.0. The first-order valence-corrected chi connectivity index (χ1v) is 24.7. The second-order valence-electron chi connectivity index (χ2n) is 15.5. The van der Waals surface area contributed by atoms with Gasteiger partial charge in [-0.25, -0.2) is 0 Å². The van der Waals surface area contributed by atoms with Crippen LogP contribution in [0.2, 0.25) is 0 Å². The number of unbranched alkanes of at least 4 members (excludes halogenated alkanes) is 14. The lowest BCUT2D eigenvalue weighted by molar-refractivity contribution is -0.145. The number of hydrogen-bond donors (Lipinski definition) is 1. The highest BCUT2D eigenvalue weighted by atomic mass is 16.6. The Morgan fingerprint density at radius 3 is 0.919 bits per heavy atom. The third-order valence-corrected chi connectivity index (χ3v) is 10.1. The van der Waals surface area contributed by atoms with Crippen LogP contribution in [0, 0.1) is 0 Å². The van der Waals surface area contributed by atoms with E-state index in [1.54, 1.807) is 0 Å². The van der Waals surface area contributed by atoms with Crippen LogP contribution in [0.4, 0.5) is 0 Å². The van der Waals surface area contributed by atoms with Gasteiger partial charge < -0.3 is 66.9 Å². The maximum atomic E-state index is 11.9. The van der Waals surface area contributed by atoms with Crippen molar-refractivity contribution < 1.29 is 66.4 Å². The summed E-state index contributed by atoms with van der Waals surface area (Å²) in [6.07, 6.45) is 22.7. The van der Waals surface area contributed by atoms with E-state index in [2.05, 4.69) is 12.2 Å². The summed E-state index contributed by atoms with van der Waals surface area (Å²) in [5, 5.41) is 3.33. The van der Waals surface area contributed by atoms with Gasteiger partial charge in [-0.15, -0.1) is 0 Å². The van der Waals surface area contributed by atoms with Crippen LogP contribution in [-0.4, -0.2) is 184 Å². The SMILES string of the molecule is CCCCCCCCCCCCCCCCCC(=O)OCCOCCOCCOCCOCCOCCOCCOCCOCCOCCOCCOCCOC1CCNCC1. The molecule has 0 atom stereocenters. The Bertz CT molecular complexity index is 858. The summed E-state index contributed by atoms with van der Waals surface area (Å²) in [5.41, 5.74) is 0. The van der Waals surface area contributed by atoms with Gasteiger partial charge in [-0.05, 0) is 32.4 Å². The predicted molar refractivity (Wildman–Crippen MR) is 241 cm³/mol. The van der Waals surface area contributed by atoms with Gasteiger partial charge in [-0.2, -0.15) is 0 Å². The molecule has 0 spiro atoms. The van der Waals surface area contributed by atoms with E-state index in [1.807, 2.05) is 0 Å². The highest BCUT2D eigenvalue weighted by Crippen LogP contribution is 2.14. The molecule has 1 heterocycles. The molecule has 0 amide bonds. The summed E-state index contributed by atoms with van der Waals surface area (Å²) in [7, 11) is 0. The summed E-state index contributed by atoms with van der Waals surface area (Å²) in [4.78, 5) is 11.9. The minimum absolute atomic E-state index is 0.130. The maximum absolute atomic E-state index is 11.9. The highest BCUT2D eigenvalue weighted by molar-refractivity contribution is 5.69. The van der Waals surface area contributed by atoms with Gasteiger partial charge in [-0.1, -0.05) is 96.8 Å². The van der Waals surface area contributed by atoms with Crippen molar-refractivity contribution in [3.63, 3.8) is 0 Å². The molecule has 1 saturated heterocycles. The average molecular weight is 896 g/mol. The van der Waals surface area contributed by atoms with Crippen LogP contribution in [0.15, 0.2) is 0 Å². The Morgan fingerprint density at radius 2 is 0.613 bits per heavy atom. The van der Waals surface area contributed by atoms with Gasteiger partial charge in [-0.3, -0.25) is 4.79 Å². The molecular formula is C47H93NO14. The van der Waals surface area contributed by atoms with Crippen LogP contribution in [0.3, 0.4) is 0 Å². The number of nitrogens with one attached hydrogen (secondary N) is 1. The average Bonchev–Trinajstić information content (AvgIpc) is 3.29. The maximum Gasteiger partial charge on any atom is 0.305 e. The monoisotopic (exact) mass is 896 g/mol. The molecule has 0 aromatic rings. The van der Waals surface area contributed by atoms with Gasteiger partial charge in [0.15, 0.2) is 0 Å². The minimum atomic E-state index is -0.130. The Hall–Kier alpha value is -1.05. The predicted octanol–water partition coefficient (Wildman–Crippen LogP) is 6.74. The number of piperidine rings is 1. The van der Waals surface area contributed by atoms with Crippen molar-refractivity contribution in [3.05, 3.63) is 0 Å². The van der Waals surface area contributed by atoms with E-state index in [4.69, 9.17) is 61.6 Å². The van der Waals surface area contributed by atoms with Crippen molar-refractivity contribution in [1.29, 1.82) is 0 Å². The second-order valence-corrected chi connectivity index (χ2v) is 15.5. The van der Waals surface area contributed by atoms with E-state index in [9.17, 15) is 4.79 Å². The van der Waals surface area contributed by atoms with Gasteiger partial charge in [0.2, 0.25) is 0 Å². The first-order chi connectivity index (χ1) is 30.8. The standard InChI is InChI=1S/C47H93NO14/c1-2-3-4-5-6-7-8-9-10-11-12-13-14-15-16-17-47(49)62-45-43-60-41-39-58-37-35-56-33-31-54-29-27-52-25-23-50-22-24-51-26-28-53-30-32-55-34-36-57-38-40-59-42-44-61-46-18-20-48-21-19-46/h46,48H,2-45H2,1H3. The van der Waals surface area contributed by atoms with Crippen molar-refractivity contribution >= 4 is 5.97 Å². The van der Waals surface area contributed by atoms with E-state index in [0.717, 1.165) is 38.8 Å². The minimum Gasteiger partial charge on any atom is -0.463 e. The molecule has 1 aliphatic rings. The van der Waals surface area contributed by atoms with Gasteiger partial charge in [0.05, 0.1) is 158 Å². The van der Waals surface area contributed by atoms with Gasteiger partial charge >= 0.3 is 5.97 Å². The van der Waals surface area contributed by atoms with E-state index >= 15 is 0 Å². The Morgan fingerprint density at radius 1 is 0.355 bits per heavy atom. The molecule has 0 aromatic heterocycles. The molecule has 15 heteroatoms. The fraction of sp³-hybridized carbons (Fsp3) is 0.979. The summed E-state index contributed by atoms with van der Waals surface area (Å²) in [6, 6.07) is 0. The van der Waals surface area contributed by atoms with Crippen LogP contribution in [-0.2, 0) is 66.4 Å². The lowest BCUT2D eigenvalue weighted by Gasteiger charge is -2.22. The molecule has 1 fully saturated rings. The first-order valence-electron chi connectivity index (χ1n) is 24.7. The molecule has 0 aliphatic carbocycles. The Kier molecular flexibility index (Phi) is 50.0. The molecule has 0 aromatic carbocycles. The molecule has 62 heavy (non-hydrogen) atoms. The number of hydrogen-bond acceptors (Lipinski definition) is 15. The van der Waals surface area contributed by atoms with Crippen LogP contribution in [0.1, 0.15) is 122 Å². The highest BCUT2D eigenvalue weighted by Gasteiger charge is 2.12. The zero-order valence-electron chi connectivity index (χ0n) is 39.4. The lowest BCUT2D eigenvalue weighted by Crippen LogP contribution is -2.33. The van der Waals surface area contributed by atoms with Crippen LogP contribution >= 0.6 is 0 Å². The summed E-state index contributed by atoms with van der Waals surface area (Å²) < 4.78 is 71.7. The summed E-state index contributed by atoms with van der Waals surface area (Å²) >= 11 is 0. The van der Waals surface area contributed by atoms with Crippen LogP contribution in [0.25, 0.3) is 0 Å². The van der Waals surface area contributed by atoms with E-state index in [1.165, 1.54) is 83.5 Å². The van der Waals surface area contributed by atoms with Gasteiger partial charge in [0.1, 0.15) is 6.61 Å². The largest absolute Gasteiger partial charge is 0.463 e. The Labute approximate surface area is 377 Å². The molecule has 370 valence electrons. The van der Waals surface area contributed by atoms with Crippen molar-refractivity contribution in [2.45, 2.75) is 129 Å². The van der Waals surface area contributed by atoms with E-state index in [0.29, 0.717) is 164 Å². The summed E-state index contributed by atoms with van der Waals surface area (Å²) in [5.74, 6) is -0.130. The number of carbonyl (C=O) groups excluding carboxylic acids is 1. The number of ether oxygens (including phenoxy) is 13. The van der Waals surface area contributed by atoms with Crippen molar-refractivity contribution in [2.24, 2.45) is 0 Å². The van der Waals surface area contributed by atoms with Crippen molar-refractivity contribution in [2.75, 3.05) is 172 Å². The second kappa shape index (κ2) is 52.6. The molecular weight excluding hydrogens is 803 g/mol. The quantitative estimate of drug-likeness (QED) is 0.0507. The number of rotatable bonds is 53. The zero-order chi connectivity index (χ0) is 44.2. The van der Waals surface area contributed by atoms with Gasteiger partial charge in [0.25, 0.3) is 0 Å². The molecule has 0 saturated carbocycles. The van der Waals surface area contributed by atoms with Crippen LogP contribution < -0.4 is 5.32 Å². The third-order valence-electron chi connectivity index (χ3n) is 10.1. The molecule has 0 bridgehead atoms. The van der Waals surface area contributed by atoms with Gasteiger partial charge in [0, 0.05) is 6.42 Å². The fourth-order valence-electron chi connectivity index (χ4n) is 6.46. The molecule has 1 N–H and O–H groups in total. The topological polar surface area (TPSA) is 149 Å². The number of esters is 1. The third kappa shape index (κ3) is 48.4. The molecule has 0 unspecified atom stereocenters.